The van der Waals surface area contributed by atoms with Gasteiger partial charge in [-0.1, -0.05) is 49.0 Å². The minimum absolute atomic E-state index is 0.0354. The fraction of sp³-hybridized carbons (Fsp3) is 0.120. The Morgan fingerprint density at radius 3 is 2.45 bits per heavy atom. The van der Waals surface area contributed by atoms with Crippen LogP contribution >= 0.6 is 11.8 Å². The van der Waals surface area contributed by atoms with Gasteiger partial charge in [-0.3, -0.25) is 14.2 Å². The van der Waals surface area contributed by atoms with Gasteiger partial charge in [0.15, 0.2) is 5.16 Å². The Labute approximate surface area is 194 Å². The molecule has 0 saturated heterocycles. The van der Waals surface area contributed by atoms with Gasteiger partial charge in [0.2, 0.25) is 0 Å². The smallest absolute Gasteiger partial charge is 0.266 e. The van der Waals surface area contributed by atoms with Crippen molar-refractivity contribution < 1.29 is 9.90 Å². The maximum absolute atomic E-state index is 13.2. The summed E-state index contributed by atoms with van der Waals surface area (Å²) >= 11 is 1.17. The highest BCUT2D eigenvalue weighted by Crippen LogP contribution is 2.21. The summed E-state index contributed by atoms with van der Waals surface area (Å²) in [4.78, 5) is 30.4. The van der Waals surface area contributed by atoms with Crippen molar-refractivity contribution in [3.8, 4) is 11.4 Å². The van der Waals surface area contributed by atoms with Crippen LogP contribution in [0.15, 0.2) is 93.9 Å². The van der Waals surface area contributed by atoms with Gasteiger partial charge in [0, 0.05) is 0 Å². The van der Waals surface area contributed by atoms with Crippen LogP contribution < -0.4 is 11.0 Å². The Morgan fingerprint density at radius 2 is 1.73 bits per heavy atom. The van der Waals surface area contributed by atoms with Crippen molar-refractivity contribution in [2.24, 2.45) is 5.10 Å². The molecule has 1 amide bonds. The van der Waals surface area contributed by atoms with Gasteiger partial charge in [0.05, 0.1) is 28.1 Å². The number of fused-ring (bicyclic) bond motifs is 1. The van der Waals surface area contributed by atoms with Crippen LogP contribution in [-0.2, 0) is 4.79 Å². The SMILES string of the molecule is CC/C(=N\NC(=O)CSc1nc2ccccc2c(=O)n1-c1ccccc1)c1ccc(O)cc1. The molecule has 166 valence electrons. The molecule has 0 unspecified atom stereocenters. The number of thioether (sulfide) groups is 1. The molecule has 4 aromatic rings. The van der Waals surface area contributed by atoms with E-state index in [2.05, 4.69) is 15.5 Å². The predicted octanol–water partition coefficient (Wildman–Crippen LogP) is 4.11. The molecule has 8 heteroatoms. The molecule has 0 aliphatic carbocycles. The number of phenolic OH excluding ortho intramolecular Hbond substituents is 1. The van der Waals surface area contributed by atoms with Crippen LogP contribution in [0.4, 0.5) is 0 Å². The fourth-order valence-corrected chi connectivity index (χ4v) is 4.11. The van der Waals surface area contributed by atoms with Gasteiger partial charge >= 0.3 is 0 Å². The number of rotatable bonds is 7. The summed E-state index contributed by atoms with van der Waals surface area (Å²) in [6.07, 6.45) is 0.609. The molecule has 3 aromatic carbocycles. The number of hydrogen-bond acceptors (Lipinski definition) is 6. The number of hydrazone groups is 1. The summed E-state index contributed by atoms with van der Waals surface area (Å²) < 4.78 is 1.53. The second kappa shape index (κ2) is 10.1. The van der Waals surface area contributed by atoms with Gasteiger partial charge in [0.25, 0.3) is 11.5 Å². The first kappa shape index (κ1) is 22.3. The third-order valence-electron chi connectivity index (χ3n) is 4.94. The third kappa shape index (κ3) is 5.12. The number of phenols is 1. The molecule has 4 rings (SSSR count). The maximum atomic E-state index is 13.2. The Hall–Kier alpha value is -3.91. The van der Waals surface area contributed by atoms with Crippen LogP contribution in [0.3, 0.4) is 0 Å². The minimum Gasteiger partial charge on any atom is -0.508 e. The normalized spacial score (nSPS) is 11.5. The van der Waals surface area contributed by atoms with Crippen molar-refractivity contribution >= 4 is 34.3 Å². The summed E-state index contributed by atoms with van der Waals surface area (Å²) in [6.45, 7) is 1.93. The molecule has 2 N–H and O–H groups in total. The second-order valence-corrected chi connectivity index (χ2v) is 8.11. The number of hydrogen-bond donors (Lipinski definition) is 2. The van der Waals surface area contributed by atoms with Gasteiger partial charge in [-0.25, -0.2) is 10.4 Å². The van der Waals surface area contributed by atoms with Crippen molar-refractivity contribution in [3.63, 3.8) is 0 Å². The lowest BCUT2D eigenvalue weighted by Gasteiger charge is -2.13. The van der Waals surface area contributed by atoms with E-state index < -0.39 is 0 Å². The van der Waals surface area contributed by atoms with E-state index in [4.69, 9.17) is 0 Å². The highest BCUT2D eigenvalue weighted by molar-refractivity contribution is 7.99. The second-order valence-electron chi connectivity index (χ2n) is 7.17. The van der Waals surface area contributed by atoms with Crippen molar-refractivity contribution in [1.29, 1.82) is 0 Å². The highest BCUT2D eigenvalue weighted by atomic mass is 32.2. The first-order valence-corrected chi connectivity index (χ1v) is 11.4. The average molecular weight is 459 g/mol. The average Bonchev–Trinajstić information content (AvgIpc) is 2.85. The summed E-state index contributed by atoms with van der Waals surface area (Å²) in [5.41, 5.74) is 5.16. The molecule has 0 fully saturated rings. The number of carbonyl (C=O) groups excluding carboxylic acids is 1. The number of nitrogens with zero attached hydrogens (tertiary/aromatic N) is 3. The molecule has 0 radical (unpaired) electrons. The van der Waals surface area contributed by atoms with Crippen LogP contribution in [0, 0.1) is 0 Å². The Kier molecular flexibility index (Phi) is 6.85. The lowest BCUT2D eigenvalue weighted by atomic mass is 10.1. The van der Waals surface area contributed by atoms with Crippen LogP contribution in [0.1, 0.15) is 18.9 Å². The topological polar surface area (TPSA) is 96.6 Å². The Morgan fingerprint density at radius 1 is 1.03 bits per heavy atom. The van der Waals surface area contributed by atoms with E-state index in [1.165, 1.54) is 16.3 Å². The molecule has 1 heterocycles. The van der Waals surface area contributed by atoms with E-state index in [0.29, 0.717) is 33.9 Å². The third-order valence-corrected chi connectivity index (χ3v) is 5.88. The van der Waals surface area contributed by atoms with Gasteiger partial charge < -0.3 is 5.11 Å². The monoisotopic (exact) mass is 458 g/mol. The van der Waals surface area contributed by atoms with E-state index in [-0.39, 0.29) is 23.0 Å². The molecule has 0 aliphatic rings. The number of para-hydroxylation sites is 2. The molecule has 0 aliphatic heterocycles. The van der Waals surface area contributed by atoms with E-state index >= 15 is 0 Å². The molecule has 0 atom stereocenters. The Bertz CT molecular complexity index is 1370. The molecule has 33 heavy (non-hydrogen) atoms. The van der Waals surface area contributed by atoms with Gasteiger partial charge in [-0.05, 0) is 60.5 Å². The van der Waals surface area contributed by atoms with Crippen molar-refractivity contribution in [2.75, 3.05) is 5.75 Å². The summed E-state index contributed by atoms with van der Waals surface area (Å²) in [5.74, 6) is -0.109. The van der Waals surface area contributed by atoms with Crippen LogP contribution in [0.2, 0.25) is 0 Å². The first-order chi connectivity index (χ1) is 16.1. The zero-order chi connectivity index (χ0) is 23.2. The van der Waals surface area contributed by atoms with Gasteiger partial charge in [-0.15, -0.1) is 0 Å². The molecule has 0 bridgehead atoms. The van der Waals surface area contributed by atoms with Crippen molar-refractivity contribution in [3.05, 3.63) is 94.8 Å². The van der Waals surface area contributed by atoms with E-state index in [9.17, 15) is 14.7 Å². The molecule has 0 saturated carbocycles. The standard InChI is InChI=1S/C25H22N4O3S/c1-2-21(17-12-14-19(30)15-13-17)27-28-23(31)16-33-25-26-22-11-7-6-10-20(22)24(32)29(25)18-8-4-3-5-9-18/h3-15,30H,2,16H2,1H3,(H,28,31)/b27-21+. The number of amides is 1. The van der Waals surface area contributed by atoms with E-state index in [0.717, 1.165) is 5.56 Å². The maximum Gasteiger partial charge on any atom is 0.266 e. The Balaban J connectivity index is 1.57. The minimum atomic E-state index is -0.313. The fourth-order valence-electron chi connectivity index (χ4n) is 3.31. The number of carbonyl (C=O) groups is 1. The predicted molar refractivity (Wildman–Crippen MR) is 131 cm³/mol. The first-order valence-electron chi connectivity index (χ1n) is 10.4. The number of nitrogens with one attached hydrogen (secondary N) is 1. The molecule has 7 nitrogen and oxygen atoms in total. The molecular formula is C25H22N4O3S. The zero-order valence-corrected chi connectivity index (χ0v) is 18.7. The van der Waals surface area contributed by atoms with Crippen molar-refractivity contribution in [2.45, 2.75) is 18.5 Å². The number of benzene rings is 3. The van der Waals surface area contributed by atoms with Gasteiger partial charge in [0.1, 0.15) is 5.75 Å². The largest absolute Gasteiger partial charge is 0.508 e. The van der Waals surface area contributed by atoms with Crippen molar-refractivity contribution in [1.82, 2.24) is 15.0 Å². The summed E-state index contributed by atoms with van der Waals surface area (Å²) in [7, 11) is 0. The summed E-state index contributed by atoms with van der Waals surface area (Å²) in [6, 6.07) is 23.0. The summed E-state index contributed by atoms with van der Waals surface area (Å²) in [5, 5.41) is 14.6. The highest BCUT2D eigenvalue weighted by Gasteiger charge is 2.14. The lowest BCUT2D eigenvalue weighted by molar-refractivity contribution is -0.118. The zero-order valence-electron chi connectivity index (χ0n) is 17.9. The van der Waals surface area contributed by atoms with Gasteiger partial charge in [-0.2, -0.15) is 5.10 Å². The molecule has 0 spiro atoms. The number of aromatic hydroxyl groups is 1. The van der Waals surface area contributed by atoms with E-state index in [1.807, 2.05) is 43.3 Å². The van der Waals surface area contributed by atoms with Crippen LogP contribution in [-0.4, -0.2) is 32.0 Å². The quantitative estimate of drug-likeness (QED) is 0.188. The molecular weight excluding hydrogens is 436 g/mol. The van der Waals surface area contributed by atoms with E-state index in [1.54, 1.807) is 42.5 Å². The van der Waals surface area contributed by atoms with Crippen LogP contribution in [0.25, 0.3) is 16.6 Å². The lowest BCUT2D eigenvalue weighted by Crippen LogP contribution is -2.24. The number of aromatic nitrogens is 2. The molecule has 1 aromatic heterocycles. The van der Waals surface area contributed by atoms with Crippen LogP contribution in [0.5, 0.6) is 5.75 Å².